The van der Waals surface area contributed by atoms with Crippen LogP contribution in [0, 0.1) is 0 Å². The molecule has 0 aromatic heterocycles. The number of hydrogen-bond acceptors (Lipinski definition) is 0. The zero-order chi connectivity index (χ0) is 10.7. The predicted octanol–water partition coefficient (Wildman–Crippen LogP) is 4.46. The average molecular weight is 234 g/mol. The third kappa shape index (κ3) is 2.43. The van der Waals surface area contributed by atoms with E-state index in [0.29, 0.717) is 0 Å². The number of allylic oxidation sites excluding steroid dienone is 8. The van der Waals surface area contributed by atoms with Crippen LogP contribution in [-0.2, 0) is 19.2 Å². The van der Waals surface area contributed by atoms with Crippen molar-refractivity contribution in [3.8, 4) is 0 Å². The molecule has 0 aliphatic heterocycles. The van der Waals surface area contributed by atoms with Crippen LogP contribution in [0.5, 0.6) is 0 Å². The SMILES string of the molecule is CCC1=CC=C[CH]1[Ti][CH]1C=CC=C1CC. The molecular formula is C14H18Ti. The molecule has 0 aromatic rings. The second kappa shape index (κ2) is 5.14. The van der Waals surface area contributed by atoms with Gasteiger partial charge in [-0.15, -0.1) is 0 Å². The summed E-state index contributed by atoms with van der Waals surface area (Å²) in [5.41, 5.74) is 3.32. The maximum atomic E-state index is 2.41. The van der Waals surface area contributed by atoms with E-state index in [2.05, 4.69) is 50.3 Å². The van der Waals surface area contributed by atoms with Crippen LogP contribution < -0.4 is 0 Å². The summed E-state index contributed by atoms with van der Waals surface area (Å²) in [6, 6.07) is 0. The third-order valence-electron chi connectivity index (χ3n) is 3.20. The molecule has 0 saturated heterocycles. The number of hydrogen-bond donors (Lipinski definition) is 0. The molecule has 2 atom stereocenters. The van der Waals surface area contributed by atoms with Gasteiger partial charge in [-0.3, -0.25) is 0 Å². The van der Waals surface area contributed by atoms with Gasteiger partial charge >= 0.3 is 102 Å². The van der Waals surface area contributed by atoms with Crippen molar-refractivity contribution < 1.29 is 19.2 Å². The standard InChI is InChI=1S/2C7H9.Ti/c2*1-2-7-5-3-4-6-7;/h2*3-6H,2H2,1H3;. The second-order valence-corrected chi connectivity index (χ2v) is 6.55. The molecule has 15 heavy (non-hydrogen) atoms. The molecular weight excluding hydrogens is 216 g/mol. The maximum absolute atomic E-state index is 2.41. The summed E-state index contributed by atoms with van der Waals surface area (Å²) in [5, 5.41) is 0. The first-order chi connectivity index (χ1) is 7.35. The van der Waals surface area contributed by atoms with Crippen molar-refractivity contribution in [2.45, 2.75) is 35.1 Å². The Kier molecular flexibility index (Phi) is 3.83. The zero-order valence-electron chi connectivity index (χ0n) is 9.53. The van der Waals surface area contributed by atoms with Crippen molar-refractivity contribution in [1.29, 1.82) is 0 Å². The van der Waals surface area contributed by atoms with Crippen molar-refractivity contribution in [1.82, 2.24) is 0 Å². The third-order valence-corrected chi connectivity index (χ3v) is 6.08. The fourth-order valence-corrected chi connectivity index (χ4v) is 5.13. The second-order valence-electron chi connectivity index (χ2n) is 4.08. The van der Waals surface area contributed by atoms with Gasteiger partial charge in [-0.05, 0) is 0 Å². The fourth-order valence-electron chi connectivity index (χ4n) is 2.23. The molecule has 0 amide bonds. The Morgan fingerprint density at radius 3 is 1.80 bits per heavy atom. The minimum absolute atomic E-state index is 0.0705. The molecule has 2 aliphatic carbocycles. The van der Waals surface area contributed by atoms with Gasteiger partial charge in [-0.25, -0.2) is 0 Å². The van der Waals surface area contributed by atoms with Crippen LogP contribution in [0.25, 0.3) is 0 Å². The molecule has 2 aliphatic rings. The Bertz CT molecular complexity index is 310. The number of rotatable bonds is 4. The monoisotopic (exact) mass is 234 g/mol. The van der Waals surface area contributed by atoms with E-state index in [9.17, 15) is 0 Å². The Hall–Kier alpha value is -0.326. The van der Waals surface area contributed by atoms with Crippen molar-refractivity contribution in [3.63, 3.8) is 0 Å². The molecule has 2 unspecified atom stereocenters. The quantitative estimate of drug-likeness (QED) is 0.630. The molecule has 0 radical (unpaired) electrons. The van der Waals surface area contributed by atoms with Gasteiger partial charge in [0.1, 0.15) is 0 Å². The summed E-state index contributed by atoms with van der Waals surface area (Å²) in [4.78, 5) is 0. The van der Waals surface area contributed by atoms with E-state index in [0.717, 1.165) is 8.45 Å². The summed E-state index contributed by atoms with van der Waals surface area (Å²) in [7, 11) is 0. The van der Waals surface area contributed by atoms with Crippen LogP contribution in [0.15, 0.2) is 47.6 Å². The minimum atomic E-state index is 0.0705. The van der Waals surface area contributed by atoms with E-state index >= 15 is 0 Å². The Morgan fingerprint density at radius 1 is 0.933 bits per heavy atom. The zero-order valence-corrected chi connectivity index (χ0v) is 11.1. The van der Waals surface area contributed by atoms with E-state index in [1.165, 1.54) is 12.8 Å². The van der Waals surface area contributed by atoms with Gasteiger partial charge in [-0.2, -0.15) is 0 Å². The summed E-state index contributed by atoms with van der Waals surface area (Å²) in [5.74, 6) is 0. The van der Waals surface area contributed by atoms with Crippen LogP contribution in [0.3, 0.4) is 0 Å². The van der Waals surface area contributed by atoms with Gasteiger partial charge in [0.05, 0.1) is 0 Å². The molecule has 0 heterocycles. The van der Waals surface area contributed by atoms with Crippen LogP contribution in [0.4, 0.5) is 0 Å². The topological polar surface area (TPSA) is 0 Å². The molecule has 0 bridgehead atoms. The molecule has 0 spiro atoms. The van der Waals surface area contributed by atoms with E-state index in [4.69, 9.17) is 0 Å². The van der Waals surface area contributed by atoms with E-state index < -0.39 is 0 Å². The van der Waals surface area contributed by atoms with Crippen LogP contribution in [-0.4, -0.2) is 0 Å². The predicted molar refractivity (Wildman–Crippen MR) is 62.5 cm³/mol. The van der Waals surface area contributed by atoms with Crippen molar-refractivity contribution in [3.05, 3.63) is 47.6 Å². The molecule has 0 aromatic carbocycles. The van der Waals surface area contributed by atoms with Gasteiger partial charge in [0.25, 0.3) is 0 Å². The van der Waals surface area contributed by atoms with Crippen molar-refractivity contribution in [2.24, 2.45) is 0 Å². The van der Waals surface area contributed by atoms with Gasteiger partial charge in [-0.1, -0.05) is 0 Å². The summed E-state index contributed by atoms with van der Waals surface area (Å²) in [6.45, 7) is 4.55. The van der Waals surface area contributed by atoms with E-state index in [1.54, 1.807) is 11.1 Å². The molecule has 0 nitrogen and oxygen atoms in total. The van der Waals surface area contributed by atoms with Gasteiger partial charge in [0, 0.05) is 0 Å². The van der Waals surface area contributed by atoms with Crippen LogP contribution in [0.1, 0.15) is 26.7 Å². The Labute approximate surface area is 102 Å². The molecule has 0 fully saturated rings. The van der Waals surface area contributed by atoms with Crippen molar-refractivity contribution in [2.75, 3.05) is 0 Å². The summed E-state index contributed by atoms with van der Waals surface area (Å²) < 4.78 is 1.63. The van der Waals surface area contributed by atoms with Gasteiger partial charge in [0.15, 0.2) is 0 Å². The fraction of sp³-hybridized carbons (Fsp3) is 0.429. The van der Waals surface area contributed by atoms with E-state index in [-0.39, 0.29) is 19.2 Å². The van der Waals surface area contributed by atoms with Gasteiger partial charge in [0.2, 0.25) is 0 Å². The summed E-state index contributed by atoms with van der Waals surface area (Å²) in [6.07, 6.45) is 16.4. The van der Waals surface area contributed by atoms with Crippen LogP contribution in [0.2, 0.25) is 8.45 Å². The normalized spacial score (nSPS) is 28.1. The Morgan fingerprint density at radius 2 is 1.40 bits per heavy atom. The summed E-state index contributed by atoms with van der Waals surface area (Å²) >= 11 is 0.0705. The van der Waals surface area contributed by atoms with E-state index in [1.807, 2.05) is 0 Å². The van der Waals surface area contributed by atoms with Crippen LogP contribution >= 0.6 is 0 Å². The first-order valence-corrected chi connectivity index (χ1v) is 7.66. The molecule has 78 valence electrons. The molecule has 0 saturated carbocycles. The first-order valence-electron chi connectivity index (χ1n) is 5.85. The van der Waals surface area contributed by atoms with Gasteiger partial charge < -0.3 is 0 Å². The van der Waals surface area contributed by atoms with Crippen molar-refractivity contribution >= 4 is 0 Å². The average Bonchev–Trinajstić information content (AvgIpc) is 2.87. The molecule has 1 heteroatoms. The Balaban J connectivity index is 1.98. The first kappa shape index (κ1) is 11.2. The molecule has 0 N–H and O–H groups in total. The molecule has 2 rings (SSSR count).